The average Bonchev–Trinajstić information content (AvgIpc) is 2.44. The predicted molar refractivity (Wildman–Crippen MR) is 77.9 cm³/mol. The van der Waals surface area contributed by atoms with Crippen molar-refractivity contribution in [3.63, 3.8) is 0 Å². The average molecular weight is 361 g/mol. The molecule has 0 saturated heterocycles. The van der Waals surface area contributed by atoms with Gasteiger partial charge in [0.25, 0.3) is 0 Å². The zero-order valence-electron chi connectivity index (χ0n) is 12.5. The normalized spacial score (nSPS) is 12.2. The highest BCUT2D eigenvalue weighted by Gasteiger charge is 2.37. The van der Waals surface area contributed by atoms with Gasteiger partial charge in [-0.25, -0.2) is 17.8 Å². The van der Waals surface area contributed by atoms with Gasteiger partial charge in [0, 0.05) is 11.8 Å². The van der Waals surface area contributed by atoms with E-state index in [-0.39, 0.29) is 22.3 Å². The molecule has 9 heteroatoms. The van der Waals surface area contributed by atoms with E-state index in [0.29, 0.717) is 6.20 Å². The number of benzene rings is 1. The molecule has 0 aliphatic heterocycles. The van der Waals surface area contributed by atoms with Crippen molar-refractivity contribution in [3.8, 4) is 11.1 Å². The van der Waals surface area contributed by atoms with E-state index < -0.39 is 38.7 Å². The molecule has 128 valence electrons. The molecule has 0 unspecified atom stereocenters. The van der Waals surface area contributed by atoms with Crippen LogP contribution in [-0.4, -0.2) is 25.9 Å². The fourth-order valence-electron chi connectivity index (χ4n) is 2.35. The summed E-state index contributed by atoms with van der Waals surface area (Å²) in [6.07, 6.45) is -3.66. The zero-order valence-corrected chi connectivity index (χ0v) is 13.3. The van der Waals surface area contributed by atoms with Crippen LogP contribution < -0.4 is 0 Å². The van der Waals surface area contributed by atoms with Crippen LogP contribution in [0.4, 0.5) is 17.6 Å². The Labute approximate surface area is 135 Å². The number of hydrogen-bond acceptors (Lipinski definition) is 4. The lowest BCUT2D eigenvalue weighted by atomic mass is 9.97. The van der Waals surface area contributed by atoms with E-state index in [4.69, 9.17) is 0 Å². The predicted octanol–water partition coefficient (Wildman–Crippen LogP) is 3.43. The number of aromatic nitrogens is 1. The summed E-state index contributed by atoms with van der Waals surface area (Å²) < 4.78 is 76.4. The Morgan fingerprint density at radius 2 is 1.83 bits per heavy atom. The van der Waals surface area contributed by atoms with Gasteiger partial charge in [-0.15, -0.1) is 0 Å². The van der Waals surface area contributed by atoms with Crippen LogP contribution in [0, 0.1) is 12.7 Å². The molecule has 4 nitrogen and oxygen atoms in total. The third kappa shape index (κ3) is 3.30. The summed E-state index contributed by atoms with van der Waals surface area (Å²) in [5.41, 5.74) is -2.91. The second-order valence-corrected chi connectivity index (χ2v) is 7.10. The van der Waals surface area contributed by atoms with Gasteiger partial charge in [-0.3, -0.25) is 4.79 Å². The molecule has 0 saturated carbocycles. The van der Waals surface area contributed by atoms with E-state index in [1.807, 2.05) is 0 Å². The summed E-state index contributed by atoms with van der Waals surface area (Å²) in [7, 11) is -3.58. The number of nitrogens with zero attached hydrogens (tertiary/aromatic N) is 1. The fourth-order valence-corrected chi connectivity index (χ4v) is 3.30. The first-order valence-electron chi connectivity index (χ1n) is 6.48. The molecule has 2 rings (SSSR count). The number of hydrogen-bond donors (Lipinski definition) is 0. The van der Waals surface area contributed by atoms with Crippen LogP contribution in [0.3, 0.4) is 0 Å². The highest BCUT2D eigenvalue weighted by Crippen LogP contribution is 2.38. The second kappa shape index (κ2) is 5.97. The lowest BCUT2D eigenvalue weighted by Gasteiger charge is -2.15. The van der Waals surface area contributed by atoms with Crippen molar-refractivity contribution in [2.75, 3.05) is 6.26 Å². The molecule has 0 amide bonds. The van der Waals surface area contributed by atoms with E-state index in [1.165, 1.54) is 6.92 Å². The number of carbonyl (C=O) groups is 1. The summed E-state index contributed by atoms with van der Waals surface area (Å²) in [5, 5.41) is 0. The number of carbonyl (C=O) groups excluding carboxylic acids is 1. The van der Waals surface area contributed by atoms with Gasteiger partial charge in [0.1, 0.15) is 0 Å². The van der Waals surface area contributed by atoms with Crippen molar-refractivity contribution in [2.24, 2.45) is 0 Å². The van der Waals surface area contributed by atoms with Crippen molar-refractivity contribution in [1.82, 2.24) is 4.98 Å². The Morgan fingerprint density at radius 3 is 2.29 bits per heavy atom. The molecular formula is C15H11F4NO3S. The minimum Gasteiger partial charge on any atom is -0.298 e. The number of halogens is 4. The quantitative estimate of drug-likeness (QED) is 0.621. The third-order valence-electron chi connectivity index (χ3n) is 3.32. The molecule has 1 heterocycles. The zero-order chi connectivity index (χ0) is 18.3. The van der Waals surface area contributed by atoms with E-state index in [9.17, 15) is 30.8 Å². The number of aryl methyl sites for hydroxylation is 1. The van der Waals surface area contributed by atoms with Crippen LogP contribution in [0.15, 0.2) is 29.3 Å². The van der Waals surface area contributed by atoms with Crippen LogP contribution >= 0.6 is 0 Å². The monoisotopic (exact) mass is 361 g/mol. The SMILES string of the molecule is Cc1cc(-c2c(C(F)(F)F)ncc(F)c2C=O)ccc1S(C)(=O)=O. The smallest absolute Gasteiger partial charge is 0.298 e. The second-order valence-electron chi connectivity index (χ2n) is 5.11. The molecule has 0 fully saturated rings. The summed E-state index contributed by atoms with van der Waals surface area (Å²) in [6, 6.07) is 3.34. The van der Waals surface area contributed by atoms with Gasteiger partial charge in [-0.2, -0.15) is 13.2 Å². The van der Waals surface area contributed by atoms with Crippen LogP contribution in [0.1, 0.15) is 21.6 Å². The van der Waals surface area contributed by atoms with E-state index in [0.717, 1.165) is 24.5 Å². The molecule has 24 heavy (non-hydrogen) atoms. The molecular weight excluding hydrogens is 350 g/mol. The topological polar surface area (TPSA) is 64.1 Å². The van der Waals surface area contributed by atoms with Gasteiger partial charge in [-0.05, 0) is 24.1 Å². The molecule has 2 aromatic rings. The largest absolute Gasteiger partial charge is 0.433 e. The van der Waals surface area contributed by atoms with Crippen LogP contribution in [0.2, 0.25) is 0 Å². The Balaban J connectivity index is 2.84. The minimum atomic E-state index is -4.91. The standard InChI is InChI=1S/C15H11F4NO3S/c1-8-5-9(3-4-12(8)24(2,22)23)13-10(7-21)11(16)6-20-14(13)15(17,18)19/h3-7H,1-2H3. The van der Waals surface area contributed by atoms with Gasteiger partial charge in [0.2, 0.25) is 0 Å². The number of alkyl halides is 3. The Kier molecular flexibility index (Phi) is 4.49. The number of pyridine rings is 1. The fraction of sp³-hybridized carbons (Fsp3) is 0.200. The Morgan fingerprint density at radius 1 is 1.21 bits per heavy atom. The van der Waals surface area contributed by atoms with Crippen molar-refractivity contribution in [3.05, 3.63) is 47.0 Å². The number of aldehydes is 1. The maximum atomic E-state index is 13.7. The lowest BCUT2D eigenvalue weighted by Crippen LogP contribution is -2.13. The molecule has 0 aliphatic carbocycles. The van der Waals surface area contributed by atoms with E-state index in [1.54, 1.807) is 0 Å². The Bertz CT molecular complexity index is 921. The van der Waals surface area contributed by atoms with E-state index in [2.05, 4.69) is 4.98 Å². The van der Waals surface area contributed by atoms with Gasteiger partial charge in [0.05, 0.1) is 16.7 Å². The van der Waals surface area contributed by atoms with Crippen molar-refractivity contribution < 1.29 is 30.8 Å². The van der Waals surface area contributed by atoms with Gasteiger partial charge in [0.15, 0.2) is 27.6 Å². The first kappa shape index (κ1) is 18.1. The van der Waals surface area contributed by atoms with Crippen molar-refractivity contribution in [2.45, 2.75) is 18.0 Å². The number of sulfone groups is 1. The van der Waals surface area contributed by atoms with Crippen LogP contribution in [-0.2, 0) is 16.0 Å². The maximum absolute atomic E-state index is 13.7. The molecule has 1 aromatic carbocycles. The highest BCUT2D eigenvalue weighted by molar-refractivity contribution is 7.90. The van der Waals surface area contributed by atoms with Gasteiger partial charge >= 0.3 is 6.18 Å². The van der Waals surface area contributed by atoms with Crippen molar-refractivity contribution in [1.29, 1.82) is 0 Å². The van der Waals surface area contributed by atoms with Crippen LogP contribution in [0.25, 0.3) is 11.1 Å². The summed E-state index contributed by atoms with van der Waals surface area (Å²) >= 11 is 0. The molecule has 0 atom stereocenters. The van der Waals surface area contributed by atoms with E-state index >= 15 is 0 Å². The summed E-state index contributed by atoms with van der Waals surface area (Å²) in [4.78, 5) is 14.1. The van der Waals surface area contributed by atoms with Crippen LogP contribution in [0.5, 0.6) is 0 Å². The molecule has 0 radical (unpaired) electrons. The van der Waals surface area contributed by atoms with Gasteiger partial charge < -0.3 is 0 Å². The summed E-state index contributed by atoms with van der Waals surface area (Å²) in [5.74, 6) is -1.20. The first-order chi connectivity index (χ1) is 11.0. The first-order valence-corrected chi connectivity index (χ1v) is 8.38. The number of rotatable bonds is 3. The Hall–Kier alpha value is -2.29. The van der Waals surface area contributed by atoms with Gasteiger partial charge in [-0.1, -0.05) is 12.1 Å². The molecule has 0 N–H and O–H groups in total. The molecule has 0 bridgehead atoms. The van der Waals surface area contributed by atoms with Crippen molar-refractivity contribution >= 4 is 16.1 Å². The minimum absolute atomic E-state index is 0.0264. The maximum Gasteiger partial charge on any atom is 0.433 e. The third-order valence-corrected chi connectivity index (χ3v) is 4.58. The lowest BCUT2D eigenvalue weighted by molar-refractivity contribution is -0.140. The highest BCUT2D eigenvalue weighted by atomic mass is 32.2. The molecule has 1 aromatic heterocycles. The molecule has 0 aliphatic rings. The summed E-state index contributed by atoms with van der Waals surface area (Å²) in [6.45, 7) is 1.39. The molecule has 0 spiro atoms.